The lowest BCUT2D eigenvalue weighted by molar-refractivity contribution is -0.193. The maximum absolute atomic E-state index is 13.7. The van der Waals surface area contributed by atoms with Crippen molar-refractivity contribution in [1.82, 2.24) is 4.90 Å². The van der Waals surface area contributed by atoms with Crippen molar-refractivity contribution in [3.05, 3.63) is 0 Å². The Labute approximate surface area is 182 Å². The number of ether oxygens (including phenoxy) is 3. The third-order valence-corrected chi connectivity index (χ3v) is 8.60. The molecule has 0 aromatic heterocycles. The molecule has 9 heteroatoms. The van der Waals surface area contributed by atoms with E-state index >= 15 is 0 Å². The average molecular weight is 443 g/mol. The van der Waals surface area contributed by atoms with Crippen molar-refractivity contribution in [3.8, 4) is 6.07 Å². The van der Waals surface area contributed by atoms with Crippen LogP contribution in [0.5, 0.6) is 0 Å². The molecule has 8 nitrogen and oxygen atoms in total. The third-order valence-electron chi connectivity index (χ3n) is 5.91. The van der Waals surface area contributed by atoms with E-state index in [1.54, 1.807) is 19.1 Å². The van der Waals surface area contributed by atoms with Crippen LogP contribution in [0, 0.1) is 16.7 Å². The molecular weight excluding hydrogens is 404 g/mol. The second-order valence-electron chi connectivity index (χ2n) is 10.9. The molecule has 0 radical (unpaired) electrons. The summed E-state index contributed by atoms with van der Waals surface area (Å²) in [5.41, 5.74) is -2.14. The molecule has 0 N–H and O–H groups in total. The minimum absolute atomic E-state index is 0.0240. The first-order chi connectivity index (χ1) is 13.5. The number of fused-ring (bicyclic) bond motifs is 1. The van der Waals surface area contributed by atoms with Crippen molar-refractivity contribution >= 4 is 15.4 Å². The summed E-state index contributed by atoms with van der Waals surface area (Å²) in [6.45, 7) is 17.2. The predicted molar refractivity (Wildman–Crippen MR) is 114 cm³/mol. The molecule has 0 aromatic carbocycles. The van der Waals surface area contributed by atoms with Gasteiger partial charge in [0, 0.05) is 14.2 Å². The zero-order valence-corrected chi connectivity index (χ0v) is 21.4. The Balaban J connectivity index is 2.85. The van der Waals surface area contributed by atoms with E-state index in [9.17, 15) is 10.1 Å². The van der Waals surface area contributed by atoms with Gasteiger partial charge in [0.2, 0.25) is 0 Å². The summed E-state index contributed by atoms with van der Waals surface area (Å²) in [6.07, 6.45) is -1.04. The molecule has 2 heterocycles. The monoisotopic (exact) mass is 442 g/mol. The van der Waals surface area contributed by atoms with Gasteiger partial charge in [-0.15, -0.1) is 0 Å². The number of carbonyl (C=O) groups excluding carboxylic acids is 1. The van der Waals surface area contributed by atoms with Crippen molar-refractivity contribution in [3.63, 3.8) is 0 Å². The minimum atomic E-state index is -2.69. The first kappa shape index (κ1) is 25.1. The summed E-state index contributed by atoms with van der Waals surface area (Å²) < 4.78 is 30.4. The fourth-order valence-electron chi connectivity index (χ4n) is 5.06. The zero-order chi connectivity index (χ0) is 23.3. The highest BCUT2D eigenvalue weighted by Gasteiger charge is 2.79. The average Bonchev–Trinajstić information content (AvgIpc) is 2.90. The fraction of sp³-hybridized carbons (Fsp3) is 0.905. The van der Waals surface area contributed by atoms with Gasteiger partial charge in [0.05, 0.1) is 18.5 Å². The van der Waals surface area contributed by atoms with Gasteiger partial charge in [0.15, 0.2) is 5.79 Å². The number of rotatable bonds is 4. The van der Waals surface area contributed by atoms with Crippen LogP contribution >= 0.6 is 0 Å². The van der Waals surface area contributed by atoms with Crippen LogP contribution in [0.25, 0.3) is 0 Å². The standard InChI is InChI=1S/C21H38N2O6Si/c1-17(2,3)14-15-20(9,29-19(7,8)27-15)21(12-13-22,30(25-10)26-11)23(14)16(24)28-18(4,5)6/h14-15,30H,12H2,1-11H3. The Morgan fingerprint density at radius 3 is 2.07 bits per heavy atom. The van der Waals surface area contributed by atoms with E-state index in [2.05, 4.69) is 6.07 Å². The fourth-order valence-corrected chi connectivity index (χ4v) is 7.48. The lowest BCUT2D eigenvalue weighted by Gasteiger charge is -2.49. The Morgan fingerprint density at radius 2 is 1.67 bits per heavy atom. The van der Waals surface area contributed by atoms with Crippen molar-refractivity contribution < 1.29 is 27.9 Å². The molecule has 4 unspecified atom stereocenters. The normalized spacial score (nSPS) is 33.5. The van der Waals surface area contributed by atoms with E-state index in [4.69, 9.17) is 23.1 Å². The van der Waals surface area contributed by atoms with Crippen LogP contribution in [-0.2, 0) is 23.1 Å². The highest BCUT2D eigenvalue weighted by molar-refractivity contribution is 6.50. The number of hydrogen-bond acceptors (Lipinski definition) is 7. The summed E-state index contributed by atoms with van der Waals surface area (Å²) in [5, 5.41) is 8.74. The molecular formula is C21H38N2O6Si. The molecule has 172 valence electrons. The molecule has 2 aliphatic rings. The summed E-state index contributed by atoms with van der Waals surface area (Å²) in [6, 6.07) is 1.85. The van der Waals surface area contributed by atoms with Gasteiger partial charge in [-0.25, -0.2) is 4.79 Å². The van der Waals surface area contributed by atoms with Gasteiger partial charge in [-0.2, -0.15) is 5.26 Å². The van der Waals surface area contributed by atoms with Crippen LogP contribution in [0.1, 0.15) is 68.7 Å². The number of carbonyl (C=O) groups is 1. The van der Waals surface area contributed by atoms with E-state index in [1.165, 1.54) is 0 Å². The summed E-state index contributed by atoms with van der Waals surface area (Å²) >= 11 is 0. The van der Waals surface area contributed by atoms with Gasteiger partial charge >= 0.3 is 15.4 Å². The molecule has 1 amide bonds. The number of likely N-dealkylation sites (tertiary alicyclic amines) is 1. The first-order valence-corrected chi connectivity index (χ1v) is 11.9. The molecule has 0 saturated carbocycles. The Bertz CT molecular complexity index is 706. The third kappa shape index (κ3) is 3.89. The van der Waals surface area contributed by atoms with Crippen LogP contribution in [0.3, 0.4) is 0 Å². The van der Waals surface area contributed by atoms with Gasteiger partial charge in [0.25, 0.3) is 0 Å². The quantitative estimate of drug-likeness (QED) is 0.617. The summed E-state index contributed by atoms with van der Waals surface area (Å²) in [5.74, 6) is -0.885. The van der Waals surface area contributed by atoms with Crippen molar-refractivity contribution in [2.45, 2.75) is 103 Å². The molecule has 4 atom stereocenters. The maximum atomic E-state index is 13.7. The lowest BCUT2D eigenvalue weighted by Crippen LogP contribution is -2.71. The molecule has 0 aromatic rings. The molecule has 0 aliphatic carbocycles. The van der Waals surface area contributed by atoms with Crippen LogP contribution in [-0.4, -0.2) is 68.8 Å². The summed E-state index contributed by atoms with van der Waals surface area (Å²) in [4.78, 5) is 15.3. The van der Waals surface area contributed by atoms with Gasteiger partial charge in [-0.05, 0) is 47.0 Å². The Hall–Kier alpha value is -1.18. The van der Waals surface area contributed by atoms with Crippen LogP contribution < -0.4 is 0 Å². The predicted octanol–water partition coefficient (Wildman–Crippen LogP) is 3.27. The molecule has 30 heavy (non-hydrogen) atoms. The molecule has 0 bridgehead atoms. The Kier molecular flexibility index (Phi) is 6.48. The number of amides is 1. The van der Waals surface area contributed by atoms with E-state index < -0.39 is 55.1 Å². The largest absolute Gasteiger partial charge is 0.444 e. The molecule has 2 saturated heterocycles. The SMILES string of the molecule is CO[SiH](OC)C1(CC#N)N(C(=O)OC(C)(C)C)C(C(C)(C)C)C2OC(C)(C)OC21C. The zero-order valence-electron chi connectivity index (χ0n) is 20.3. The molecule has 2 aliphatic heterocycles. The van der Waals surface area contributed by atoms with Gasteiger partial charge in [0.1, 0.15) is 22.5 Å². The van der Waals surface area contributed by atoms with Crippen LogP contribution in [0.2, 0.25) is 0 Å². The van der Waals surface area contributed by atoms with Crippen molar-refractivity contribution in [1.29, 1.82) is 5.26 Å². The van der Waals surface area contributed by atoms with Crippen molar-refractivity contribution in [2.75, 3.05) is 14.2 Å². The first-order valence-electron chi connectivity index (χ1n) is 10.3. The van der Waals surface area contributed by atoms with Gasteiger partial charge in [-0.3, -0.25) is 4.90 Å². The topological polar surface area (TPSA) is 90.3 Å². The number of nitrogens with zero attached hydrogens (tertiary/aromatic N) is 2. The smallest absolute Gasteiger partial charge is 0.411 e. The van der Waals surface area contributed by atoms with E-state index in [0.717, 1.165) is 0 Å². The maximum Gasteiger partial charge on any atom is 0.411 e. The minimum Gasteiger partial charge on any atom is -0.444 e. The lowest BCUT2D eigenvalue weighted by atomic mass is 9.80. The van der Waals surface area contributed by atoms with Crippen LogP contribution in [0.15, 0.2) is 0 Å². The second-order valence-corrected chi connectivity index (χ2v) is 13.4. The highest BCUT2D eigenvalue weighted by atomic mass is 28.3. The summed E-state index contributed by atoms with van der Waals surface area (Å²) in [7, 11) is 0.412. The van der Waals surface area contributed by atoms with E-state index in [-0.39, 0.29) is 6.42 Å². The molecule has 2 rings (SSSR count). The van der Waals surface area contributed by atoms with E-state index in [0.29, 0.717) is 0 Å². The van der Waals surface area contributed by atoms with Gasteiger partial charge < -0.3 is 23.1 Å². The van der Waals surface area contributed by atoms with E-state index in [1.807, 2.05) is 62.3 Å². The Morgan fingerprint density at radius 1 is 1.13 bits per heavy atom. The highest BCUT2D eigenvalue weighted by Crippen LogP contribution is 2.59. The van der Waals surface area contributed by atoms with Crippen molar-refractivity contribution in [2.24, 2.45) is 5.41 Å². The molecule has 0 spiro atoms. The molecule has 2 fully saturated rings. The van der Waals surface area contributed by atoms with Gasteiger partial charge in [-0.1, -0.05) is 20.8 Å². The number of nitriles is 1. The van der Waals surface area contributed by atoms with Crippen LogP contribution in [0.4, 0.5) is 4.79 Å². The number of hydrogen-bond donors (Lipinski definition) is 0. The second kappa shape index (κ2) is 7.75.